The van der Waals surface area contributed by atoms with Crippen LogP contribution in [0.2, 0.25) is 0 Å². The lowest BCUT2D eigenvalue weighted by Crippen LogP contribution is -2.42. The minimum absolute atomic E-state index is 0.0637. The van der Waals surface area contributed by atoms with Gasteiger partial charge < -0.3 is 15.0 Å². The van der Waals surface area contributed by atoms with Crippen molar-refractivity contribution in [2.24, 2.45) is 5.92 Å². The second-order valence-electron chi connectivity index (χ2n) is 6.58. The topological polar surface area (TPSA) is 61.9 Å². The Morgan fingerprint density at radius 1 is 1.19 bits per heavy atom. The first-order chi connectivity index (χ1) is 12.7. The van der Waals surface area contributed by atoms with Gasteiger partial charge in [-0.25, -0.2) is 0 Å². The molecular weight excluding hydrogens is 330 g/mol. The third-order valence-corrected chi connectivity index (χ3v) is 4.73. The van der Waals surface area contributed by atoms with Crippen LogP contribution in [0, 0.1) is 17.8 Å². The molecule has 0 radical (unpaired) electrons. The molecule has 2 aliphatic rings. The molecule has 0 saturated carbocycles. The summed E-state index contributed by atoms with van der Waals surface area (Å²) in [4.78, 5) is 28.5. The molecule has 26 heavy (non-hydrogen) atoms. The quantitative estimate of drug-likeness (QED) is 0.774. The summed E-state index contributed by atoms with van der Waals surface area (Å²) in [5.74, 6) is 5.66. The number of carbonyl (C=O) groups excluding carboxylic acids is 2. The van der Waals surface area contributed by atoms with Crippen molar-refractivity contribution in [1.82, 2.24) is 15.1 Å². The van der Waals surface area contributed by atoms with E-state index in [-0.39, 0.29) is 17.7 Å². The molecule has 2 fully saturated rings. The zero-order valence-electron chi connectivity index (χ0n) is 14.9. The summed E-state index contributed by atoms with van der Waals surface area (Å²) < 4.78 is 5.33. The first-order valence-electron chi connectivity index (χ1n) is 9.12. The van der Waals surface area contributed by atoms with Gasteiger partial charge in [-0.2, -0.15) is 0 Å². The zero-order valence-corrected chi connectivity index (χ0v) is 14.9. The molecule has 0 spiro atoms. The van der Waals surface area contributed by atoms with Gasteiger partial charge in [-0.05, 0) is 12.1 Å². The average molecular weight is 355 g/mol. The van der Waals surface area contributed by atoms with Crippen LogP contribution in [0.25, 0.3) is 0 Å². The Hall–Kier alpha value is -2.36. The second kappa shape index (κ2) is 9.37. The summed E-state index contributed by atoms with van der Waals surface area (Å²) in [5, 5.41) is 2.82. The van der Waals surface area contributed by atoms with Gasteiger partial charge in [0.1, 0.15) is 0 Å². The van der Waals surface area contributed by atoms with Gasteiger partial charge in [-0.1, -0.05) is 30.0 Å². The summed E-state index contributed by atoms with van der Waals surface area (Å²) in [6, 6.07) is 9.65. The zero-order chi connectivity index (χ0) is 18.2. The molecule has 138 valence electrons. The van der Waals surface area contributed by atoms with Crippen molar-refractivity contribution in [3.8, 4) is 11.8 Å². The van der Waals surface area contributed by atoms with Crippen molar-refractivity contribution in [1.29, 1.82) is 0 Å². The monoisotopic (exact) mass is 355 g/mol. The van der Waals surface area contributed by atoms with E-state index in [1.165, 1.54) is 0 Å². The molecule has 1 aromatic carbocycles. The fourth-order valence-corrected chi connectivity index (χ4v) is 3.19. The second-order valence-corrected chi connectivity index (χ2v) is 6.58. The van der Waals surface area contributed by atoms with Crippen molar-refractivity contribution >= 4 is 11.8 Å². The Kier molecular flexibility index (Phi) is 6.64. The maximum absolute atomic E-state index is 12.3. The van der Waals surface area contributed by atoms with E-state index in [2.05, 4.69) is 22.1 Å². The summed E-state index contributed by atoms with van der Waals surface area (Å²) >= 11 is 0. The van der Waals surface area contributed by atoms with Gasteiger partial charge >= 0.3 is 0 Å². The number of carbonyl (C=O) groups is 2. The number of ether oxygens (including phenoxy) is 1. The van der Waals surface area contributed by atoms with Gasteiger partial charge in [0, 0.05) is 44.7 Å². The third-order valence-electron chi connectivity index (χ3n) is 4.73. The molecule has 1 N–H and O–H groups in total. The number of rotatable bonds is 5. The highest BCUT2D eigenvalue weighted by Gasteiger charge is 2.34. The van der Waals surface area contributed by atoms with Gasteiger partial charge in [0.05, 0.1) is 25.7 Å². The standard InChI is InChI=1S/C20H25N3O3/c24-19-15-18(16-23(19)10-9-22-11-13-26-14-12-22)20(25)21-8-4-7-17-5-2-1-3-6-17/h1-3,5-6,18H,8-16H2,(H,21,25). The highest BCUT2D eigenvalue weighted by Crippen LogP contribution is 2.17. The van der Waals surface area contributed by atoms with E-state index in [0.717, 1.165) is 38.4 Å². The van der Waals surface area contributed by atoms with E-state index in [9.17, 15) is 9.59 Å². The average Bonchev–Trinajstić information content (AvgIpc) is 3.06. The van der Waals surface area contributed by atoms with Crippen molar-refractivity contribution in [3.05, 3.63) is 35.9 Å². The van der Waals surface area contributed by atoms with Crippen molar-refractivity contribution < 1.29 is 14.3 Å². The molecule has 6 nitrogen and oxygen atoms in total. The van der Waals surface area contributed by atoms with E-state index >= 15 is 0 Å². The lowest BCUT2D eigenvalue weighted by Gasteiger charge is -2.28. The summed E-state index contributed by atoms with van der Waals surface area (Å²) in [6.07, 6.45) is 0.293. The molecule has 6 heteroatoms. The van der Waals surface area contributed by atoms with Crippen molar-refractivity contribution in [3.63, 3.8) is 0 Å². The SMILES string of the molecule is O=C(NCC#Cc1ccccc1)C1CC(=O)N(CCN2CCOCC2)C1. The van der Waals surface area contributed by atoms with Crippen molar-refractivity contribution in [2.75, 3.05) is 52.5 Å². The molecule has 3 rings (SSSR count). The predicted molar refractivity (Wildman–Crippen MR) is 98.3 cm³/mol. The van der Waals surface area contributed by atoms with Crippen LogP contribution in [0.15, 0.2) is 30.3 Å². The normalized spacial score (nSPS) is 20.5. The van der Waals surface area contributed by atoms with Crippen LogP contribution < -0.4 is 5.32 Å². The van der Waals surface area contributed by atoms with Crippen molar-refractivity contribution in [2.45, 2.75) is 6.42 Å². The Labute approximate surface area is 154 Å². The molecule has 1 aromatic rings. The number of nitrogens with zero attached hydrogens (tertiary/aromatic N) is 2. The highest BCUT2D eigenvalue weighted by atomic mass is 16.5. The Morgan fingerprint density at radius 2 is 1.96 bits per heavy atom. The smallest absolute Gasteiger partial charge is 0.226 e. The minimum Gasteiger partial charge on any atom is -0.379 e. The van der Waals surface area contributed by atoms with Gasteiger partial charge in [-0.15, -0.1) is 0 Å². The van der Waals surface area contributed by atoms with Gasteiger partial charge in [0.25, 0.3) is 0 Å². The Morgan fingerprint density at radius 3 is 2.73 bits per heavy atom. The number of hydrogen-bond acceptors (Lipinski definition) is 4. The maximum Gasteiger partial charge on any atom is 0.226 e. The highest BCUT2D eigenvalue weighted by molar-refractivity contribution is 5.89. The number of benzene rings is 1. The molecule has 2 heterocycles. The largest absolute Gasteiger partial charge is 0.379 e. The number of likely N-dealkylation sites (tertiary alicyclic amines) is 1. The Balaban J connectivity index is 1.39. The first kappa shape index (κ1) is 18.4. The number of hydrogen-bond donors (Lipinski definition) is 1. The molecule has 2 amide bonds. The molecule has 2 saturated heterocycles. The lowest BCUT2D eigenvalue weighted by atomic mass is 10.1. The summed E-state index contributed by atoms with van der Waals surface area (Å²) in [6.45, 7) is 5.64. The summed E-state index contributed by atoms with van der Waals surface area (Å²) in [7, 11) is 0. The van der Waals surface area contributed by atoms with E-state index in [1.54, 1.807) is 4.90 Å². The van der Waals surface area contributed by atoms with Gasteiger partial charge in [0.2, 0.25) is 11.8 Å². The fraction of sp³-hybridized carbons (Fsp3) is 0.500. The van der Waals surface area contributed by atoms with E-state index in [4.69, 9.17) is 4.74 Å². The first-order valence-corrected chi connectivity index (χ1v) is 9.12. The van der Waals surface area contributed by atoms with Crippen LogP contribution in [0.5, 0.6) is 0 Å². The Bertz CT molecular complexity index is 675. The molecule has 1 atom stereocenters. The van der Waals surface area contributed by atoms with Gasteiger partial charge in [0.15, 0.2) is 0 Å². The molecule has 0 bridgehead atoms. The number of morpholine rings is 1. The van der Waals surface area contributed by atoms with Crippen LogP contribution >= 0.6 is 0 Å². The number of amides is 2. The molecule has 0 aromatic heterocycles. The van der Waals surface area contributed by atoms with Crippen LogP contribution in [0.1, 0.15) is 12.0 Å². The van der Waals surface area contributed by atoms with Crippen LogP contribution in [-0.2, 0) is 14.3 Å². The summed E-state index contributed by atoms with van der Waals surface area (Å²) in [5.41, 5.74) is 0.923. The van der Waals surface area contributed by atoms with Crippen LogP contribution in [0.4, 0.5) is 0 Å². The minimum atomic E-state index is -0.272. The lowest BCUT2D eigenvalue weighted by molar-refractivity contribution is -0.129. The van der Waals surface area contributed by atoms with E-state index in [0.29, 0.717) is 26.1 Å². The third kappa shape index (κ3) is 5.32. The molecular formula is C20H25N3O3. The van der Waals surface area contributed by atoms with Gasteiger partial charge in [-0.3, -0.25) is 14.5 Å². The van der Waals surface area contributed by atoms with E-state index in [1.807, 2.05) is 30.3 Å². The molecule has 0 aliphatic carbocycles. The fourth-order valence-electron chi connectivity index (χ4n) is 3.19. The molecule has 1 unspecified atom stereocenters. The molecule has 2 aliphatic heterocycles. The number of nitrogens with one attached hydrogen (secondary N) is 1. The maximum atomic E-state index is 12.3. The van der Waals surface area contributed by atoms with Crippen LogP contribution in [-0.4, -0.2) is 74.1 Å². The van der Waals surface area contributed by atoms with E-state index < -0.39 is 0 Å². The van der Waals surface area contributed by atoms with Crippen LogP contribution in [0.3, 0.4) is 0 Å². The predicted octanol–water partition coefficient (Wildman–Crippen LogP) is 0.335.